The van der Waals surface area contributed by atoms with Gasteiger partial charge in [0.1, 0.15) is 11.4 Å². The lowest BCUT2D eigenvalue weighted by molar-refractivity contribution is -0.147. The minimum absolute atomic E-state index is 0.280. The molecular formula is C17H23NO3. The maximum absolute atomic E-state index is 12.5. The first-order valence-corrected chi connectivity index (χ1v) is 7.25. The summed E-state index contributed by atoms with van der Waals surface area (Å²) in [5.41, 5.74) is 1.95. The van der Waals surface area contributed by atoms with Gasteiger partial charge in [0.05, 0.1) is 12.7 Å². The molecule has 2 rings (SSSR count). The summed E-state index contributed by atoms with van der Waals surface area (Å²) < 4.78 is 10.7. The maximum Gasteiger partial charge on any atom is 0.341 e. The molecule has 0 amide bonds. The Hall–Kier alpha value is -1.97. The van der Waals surface area contributed by atoms with Gasteiger partial charge in [-0.1, -0.05) is 12.1 Å². The predicted molar refractivity (Wildman–Crippen MR) is 83.0 cm³/mol. The van der Waals surface area contributed by atoms with Gasteiger partial charge in [-0.2, -0.15) is 0 Å². The Balaban J connectivity index is 2.36. The van der Waals surface area contributed by atoms with Crippen LogP contribution in [0.15, 0.2) is 30.0 Å². The van der Waals surface area contributed by atoms with Crippen molar-refractivity contribution in [3.05, 3.63) is 35.5 Å². The number of hydrogen-bond donors (Lipinski definition) is 1. The van der Waals surface area contributed by atoms with Crippen molar-refractivity contribution in [3.8, 4) is 5.75 Å². The summed E-state index contributed by atoms with van der Waals surface area (Å²) in [5, 5.41) is 3.30. The third-order valence-electron chi connectivity index (χ3n) is 3.23. The van der Waals surface area contributed by atoms with Crippen molar-refractivity contribution in [2.24, 2.45) is 0 Å². The largest absolute Gasteiger partial charge is 0.497 e. The Labute approximate surface area is 126 Å². The Bertz CT molecular complexity index is 530. The van der Waals surface area contributed by atoms with E-state index in [-0.39, 0.29) is 5.97 Å². The van der Waals surface area contributed by atoms with E-state index in [0.717, 1.165) is 36.4 Å². The average molecular weight is 289 g/mol. The predicted octanol–water partition coefficient (Wildman–Crippen LogP) is 3.13. The minimum Gasteiger partial charge on any atom is -0.497 e. The standard InChI is InChI=1S/C17H23NO3/c1-17(2,3)21-16(19)15(14-6-5-11-18-14)12-7-9-13(20-4)10-8-12/h7-10,18H,5-6,11H2,1-4H3. The summed E-state index contributed by atoms with van der Waals surface area (Å²) in [6.45, 7) is 6.54. The number of allylic oxidation sites excluding steroid dienone is 1. The molecule has 0 atom stereocenters. The lowest BCUT2D eigenvalue weighted by atomic mass is 10.0. The highest BCUT2D eigenvalue weighted by atomic mass is 16.6. The minimum atomic E-state index is -0.506. The summed E-state index contributed by atoms with van der Waals surface area (Å²) in [6.07, 6.45) is 1.92. The zero-order valence-electron chi connectivity index (χ0n) is 13.2. The van der Waals surface area contributed by atoms with Crippen LogP contribution < -0.4 is 10.1 Å². The zero-order valence-corrected chi connectivity index (χ0v) is 13.2. The molecule has 0 aromatic heterocycles. The average Bonchev–Trinajstić information content (AvgIpc) is 2.91. The summed E-state index contributed by atoms with van der Waals surface area (Å²) in [4.78, 5) is 12.5. The van der Waals surface area contributed by atoms with E-state index in [2.05, 4.69) is 5.32 Å². The van der Waals surface area contributed by atoms with Crippen LogP contribution in [-0.2, 0) is 9.53 Å². The first-order valence-electron chi connectivity index (χ1n) is 7.25. The van der Waals surface area contributed by atoms with Gasteiger partial charge in [-0.15, -0.1) is 0 Å². The highest BCUT2D eigenvalue weighted by Crippen LogP contribution is 2.27. The lowest BCUT2D eigenvalue weighted by Crippen LogP contribution is -2.26. The van der Waals surface area contributed by atoms with Crippen molar-refractivity contribution in [1.29, 1.82) is 0 Å². The molecule has 4 heteroatoms. The second kappa shape index (κ2) is 6.20. The Morgan fingerprint density at radius 2 is 1.86 bits per heavy atom. The normalized spacial score (nSPS) is 17.1. The third kappa shape index (κ3) is 4.00. The van der Waals surface area contributed by atoms with Crippen LogP contribution in [0.4, 0.5) is 0 Å². The van der Waals surface area contributed by atoms with Crippen LogP contribution in [0.2, 0.25) is 0 Å². The molecule has 1 aromatic carbocycles. The molecule has 0 bridgehead atoms. The number of esters is 1. The van der Waals surface area contributed by atoms with E-state index in [4.69, 9.17) is 9.47 Å². The van der Waals surface area contributed by atoms with Gasteiger partial charge in [-0.05, 0) is 51.3 Å². The van der Waals surface area contributed by atoms with Gasteiger partial charge in [0.25, 0.3) is 0 Å². The summed E-state index contributed by atoms with van der Waals surface area (Å²) in [6, 6.07) is 7.50. The fourth-order valence-corrected chi connectivity index (χ4v) is 2.31. The Kier molecular flexibility index (Phi) is 4.56. The Morgan fingerprint density at radius 1 is 1.19 bits per heavy atom. The molecule has 1 N–H and O–H groups in total. The van der Waals surface area contributed by atoms with Crippen molar-refractivity contribution >= 4 is 11.5 Å². The van der Waals surface area contributed by atoms with Crippen LogP contribution in [0.25, 0.3) is 5.57 Å². The van der Waals surface area contributed by atoms with Crippen LogP contribution in [0.5, 0.6) is 5.75 Å². The number of nitrogens with one attached hydrogen (secondary N) is 1. The summed E-state index contributed by atoms with van der Waals surface area (Å²) >= 11 is 0. The van der Waals surface area contributed by atoms with Gasteiger partial charge in [-0.25, -0.2) is 4.79 Å². The van der Waals surface area contributed by atoms with Crippen LogP contribution in [-0.4, -0.2) is 25.2 Å². The van der Waals surface area contributed by atoms with Crippen molar-refractivity contribution in [2.75, 3.05) is 13.7 Å². The molecule has 0 saturated carbocycles. The molecule has 1 fully saturated rings. The van der Waals surface area contributed by atoms with Gasteiger partial charge in [0, 0.05) is 12.2 Å². The topological polar surface area (TPSA) is 47.6 Å². The number of methoxy groups -OCH3 is 1. The molecular weight excluding hydrogens is 266 g/mol. The van der Waals surface area contributed by atoms with E-state index < -0.39 is 5.60 Å². The monoisotopic (exact) mass is 289 g/mol. The van der Waals surface area contributed by atoms with Gasteiger partial charge in [-0.3, -0.25) is 0 Å². The van der Waals surface area contributed by atoms with Crippen molar-refractivity contribution < 1.29 is 14.3 Å². The molecule has 0 aliphatic carbocycles. The second-order valence-electron chi connectivity index (χ2n) is 6.11. The molecule has 4 nitrogen and oxygen atoms in total. The zero-order chi connectivity index (χ0) is 15.5. The first-order chi connectivity index (χ1) is 9.90. The van der Waals surface area contributed by atoms with Gasteiger partial charge in [0.2, 0.25) is 0 Å². The Morgan fingerprint density at radius 3 is 2.33 bits per heavy atom. The number of ether oxygens (including phenoxy) is 2. The molecule has 21 heavy (non-hydrogen) atoms. The van der Waals surface area contributed by atoms with E-state index >= 15 is 0 Å². The second-order valence-corrected chi connectivity index (χ2v) is 6.11. The molecule has 0 spiro atoms. The van der Waals surface area contributed by atoms with Crippen molar-refractivity contribution in [3.63, 3.8) is 0 Å². The quantitative estimate of drug-likeness (QED) is 0.686. The fourth-order valence-electron chi connectivity index (χ4n) is 2.31. The molecule has 114 valence electrons. The summed E-state index contributed by atoms with van der Waals surface area (Å²) in [7, 11) is 1.63. The van der Waals surface area contributed by atoms with Crippen LogP contribution in [0.1, 0.15) is 39.2 Å². The van der Waals surface area contributed by atoms with Crippen LogP contribution >= 0.6 is 0 Å². The van der Waals surface area contributed by atoms with Gasteiger partial charge >= 0.3 is 5.97 Å². The number of hydrogen-bond acceptors (Lipinski definition) is 4. The smallest absolute Gasteiger partial charge is 0.341 e. The SMILES string of the molecule is COc1ccc(C(C(=O)OC(C)(C)C)=C2CCCN2)cc1. The van der Waals surface area contributed by atoms with Gasteiger partial charge in [0.15, 0.2) is 0 Å². The molecule has 1 saturated heterocycles. The highest BCUT2D eigenvalue weighted by molar-refractivity contribution is 6.17. The van der Waals surface area contributed by atoms with E-state index in [1.165, 1.54) is 0 Å². The maximum atomic E-state index is 12.5. The molecule has 0 radical (unpaired) electrons. The van der Waals surface area contributed by atoms with Crippen molar-refractivity contribution in [2.45, 2.75) is 39.2 Å². The van der Waals surface area contributed by atoms with Gasteiger partial charge < -0.3 is 14.8 Å². The third-order valence-corrected chi connectivity index (χ3v) is 3.23. The molecule has 1 aliphatic rings. The first kappa shape index (κ1) is 15.4. The van der Waals surface area contributed by atoms with Crippen molar-refractivity contribution in [1.82, 2.24) is 5.32 Å². The van der Waals surface area contributed by atoms with Crippen LogP contribution in [0.3, 0.4) is 0 Å². The fraction of sp³-hybridized carbons (Fsp3) is 0.471. The van der Waals surface area contributed by atoms with E-state index in [1.54, 1.807) is 7.11 Å². The number of carbonyl (C=O) groups is 1. The molecule has 1 aromatic rings. The molecule has 0 unspecified atom stereocenters. The highest BCUT2D eigenvalue weighted by Gasteiger charge is 2.25. The number of benzene rings is 1. The molecule has 1 heterocycles. The number of rotatable bonds is 3. The van der Waals surface area contributed by atoms with E-state index in [1.807, 2.05) is 45.0 Å². The molecule has 1 aliphatic heterocycles. The van der Waals surface area contributed by atoms with E-state index in [9.17, 15) is 4.79 Å². The van der Waals surface area contributed by atoms with Crippen LogP contribution in [0, 0.1) is 0 Å². The summed E-state index contributed by atoms with van der Waals surface area (Å²) in [5.74, 6) is 0.490. The van der Waals surface area contributed by atoms with E-state index in [0.29, 0.717) is 5.57 Å². The lowest BCUT2D eigenvalue weighted by Gasteiger charge is -2.22. The number of carbonyl (C=O) groups excluding carboxylic acids is 1.